The van der Waals surface area contributed by atoms with E-state index in [0.717, 1.165) is 19.3 Å². The standard InChI is InChI=1S/C15H24O4S/c1-8-4-5-11-9(2)12(20)16-13-15(11)10(8)6-7-14(3,17-13)18-19-15/h8-13,20H,4-7H2,1-3H3/t8-,9-,10+,11+,12+,13-,14+,15-/m1/s1. The van der Waals surface area contributed by atoms with Crippen molar-refractivity contribution in [2.75, 3.05) is 0 Å². The number of fused-ring (bicyclic) bond motifs is 2. The molecule has 4 saturated heterocycles. The smallest absolute Gasteiger partial charge is 0.201 e. The van der Waals surface area contributed by atoms with Crippen LogP contribution in [0.3, 0.4) is 0 Å². The molecule has 0 amide bonds. The predicted octanol–water partition coefficient (Wildman–Crippen LogP) is 3.12. The summed E-state index contributed by atoms with van der Waals surface area (Å²) in [6, 6.07) is 0. The lowest BCUT2D eigenvalue weighted by atomic mass is 9.58. The normalized spacial score (nSPS) is 61.8. The molecule has 0 unspecified atom stereocenters. The van der Waals surface area contributed by atoms with Gasteiger partial charge in [0.25, 0.3) is 0 Å². The topological polar surface area (TPSA) is 36.9 Å². The lowest BCUT2D eigenvalue weighted by Gasteiger charge is -2.60. The van der Waals surface area contributed by atoms with Crippen LogP contribution < -0.4 is 0 Å². The van der Waals surface area contributed by atoms with Gasteiger partial charge in [-0.15, -0.1) is 12.6 Å². The van der Waals surface area contributed by atoms with Gasteiger partial charge in [-0.2, -0.15) is 0 Å². The molecular weight excluding hydrogens is 276 g/mol. The van der Waals surface area contributed by atoms with Crippen LogP contribution in [0.25, 0.3) is 0 Å². The number of thiol groups is 1. The average molecular weight is 300 g/mol. The Labute approximate surface area is 125 Å². The first kappa shape index (κ1) is 13.8. The summed E-state index contributed by atoms with van der Waals surface area (Å²) in [4.78, 5) is 11.8. The number of rotatable bonds is 0. The molecule has 1 aliphatic carbocycles. The third-order valence-corrected chi connectivity index (χ3v) is 6.71. The highest BCUT2D eigenvalue weighted by Gasteiger charge is 2.68. The van der Waals surface area contributed by atoms with Crippen molar-refractivity contribution in [3.63, 3.8) is 0 Å². The Kier molecular flexibility index (Phi) is 3.01. The highest BCUT2D eigenvalue weighted by molar-refractivity contribution is 7.80. The second-order valence-electron chi connectivity index (χ2n) is 7.30. The van der Waals surface area contributed by atoms with Gasteiger partial charge < -0.3 is 9.47 Å². The predicted molar refractivity (Wildman–Crippen MR) is 75.8 cm³/mol. The van der Waals surface area contributed by atoms with E-state index in [2.05, 4.69) is 26.5 Å². The van der Waals surface area contributed by atoms with Gasteiger partial charge in [0.05, 0.1) is 0 Å². The molecule has 0 aromatic rings. The number of hydrogen-bond donors (Lipinski definition) is 1. The molecule has 1 saturated carbocycles. The molecule has 0 aromatic carbocycles. The molecule has 2 bridgehead atoms. The van der Waals surface area contributed by atoms with Crippen LogP contribution in [0.1, 0.15) is 46.5 Å². The molecule has 4 nitrogen and oxygen atoms in total. The first-order chi connectivity index (χ1) is 9.46. The van der Waals surface area contributed by atoms with Crippen molar-refractivity contribution in [1.29, 1.82) is 0 Å². The van der Waals surface area contributed by atoms with Crippen LogP contribution in [-0.4, -0.2) is 23.1 Å². The molecule has 0 radical (unpaired) electrons. The molecule has 8 atom stereocenters. The van der Waals surface area contributed by atoms with Crippen LogP contribution in [0.5, 0.6) is 0 Å². The molecule has 4 heterocycles. The summed E-state index contributed by atoms with van der Waals surface area (Å²) in [7, 11) is 0. The van der Waals surface area contributed by atoms with Gasteiger partial charge in [0.1, 0.15) is 5.44 Å². The Morgan fingerprint density at radius 3 is 2.65 bits per heavy atom. The molecule has 5 rings (SSSR count). The Morgan fingerprint density at radius 1 is 1.05 bits per heavy atom. The molecular formula is C15H24O4S. The van der Waals surface area contributed by atoms with Gasteiger partial charge in [-0.1, -0.05) is 13.8 Å². The van der Waals surface area contributed by atoms with E-state index in [1.165, 1.54) is 6.42 Å². The highest BCUT2D eigenvalue weighted by atomic mass is 32.1. The molecule has 5 aliphatic rings. The van der Waals surface area contributed by atoms with Crippen molar-refractivity contribution in [3.8, 4) is 0 Å². The first-order valence-corrected chi connectivity index (χ1v) is 8.36. The van der Waals surface area contributed by atoms with Crippen molar-refractivity contribution in [2.24, 2.45) is 23.7 Å². The summed E-state index contributed by atoms with van der Waals surface area (Å²) < 4.78 is 12.3. The second kappa shape index (κ2) is 4.35. The minimum atomic E-state index is -0.675. The molecule has 0 aromatic heterocycles. The van der Waals surface area contributed by atoms with Crippen molar-refractivity contribution in [2.45, 2.75) is 69.6 Å². The highest BCUT2D eigenvalue weighted by Crippen LogP contribution is 2.60. The van der Waals surface area contributed by atoms with E-state index < -0.39 is 11.4 Å². The van der Waals surface area contributed by atoms with Crippen molar-refractivity contribution >= 4 is 12.6 Å². The zero-order chi connectivity index (χ0) is 14.1. The number of hydrogen-bond acceptors (Lipinski definition) is 5. The van der Waals surface area contributed by atoms with Crippen LogP contribution in [0.2, 0.25) is 0 Å². The largest absolute Gasteiger partial charge is 0.335 e. The third kappa shape index (κ3) is 1.64. The van der Waals surface area contributed by atoms with E-state index in [0.29, 0.717) is 23.7 Å². The summed E-state index contributed by atoms with van der Waals surface area (Å²) in [6.07, 6.45) is 3.98. The maximum Gasteiger partial charge on any atom is 0.201 e. The van der Waals surface area contributed by atoms with E-state index in [-0.39, 0.29) is 11.7 Å². The summed E-state index contributed by atoms with van der Waals surface area (Å²) in [5.41, 5.74) is -0.525. The van der Waals surface area contributed by atoms with Crippen LogP contribution >= 0.6 is 12.6 Å². The van der Waals surface area contributed by atoms with E-state index in [1.807, 2.05) is 6.92 Å². The molecule has 5 heteroatoms. The van der Waals surface area contributed by atoms with Gasteiger partial charge in [-0.05, 0) is 43.9 Å². The molecule has 0 N–H and O–H groups in total. The maximum atomic E-state index is 6.18. The van der Waals surface area contributed by atoms with Crippen molar-refractivity contribution in [1.82, 2.24) is 0 Å². The van der Waals surface area contributed by atoms with Gasteiger partial charge in [0.15, 0.2) is 11.9 Å². The average Bonchev–Trinajstić information content (AvgIpc) is 2.63. The molecule has 4 aliphatic heterocycles. The zero-order valence-electron chi connectivity index (χ0n) is 12.4. The van der Waals surface area contributed by atoms with Gasteiger partial charge in [-0.3, -0.25) is 0 Å². The Morgan fingerprint density at radius 2 is 1.85 bits per heavy atom. The van der Waals surface area contributed by atoms with Crippen molar-refractivity contribution < 1.29 is 19.2 Å². The monoisotopic (exact) mass is 300 g/mol. The Hall–Kier alpha value is 0.190. The first-order valence-electron chi connectivity index (χ1n) is 7.84. The van der Waals surface area contributed by atoms with Gasteiger partial charge >= 0.3 is 0 Å². The quantitative estimate of drug-likeness (QED) is 0.551. The molecule has 5 fully saturated rings. The number of ether oxygens (including phenoxy) is 2. The van der Waals surface area contributed by atoms with Gasteiger partial charge in [0.2, 0.25) is 5.79 Å². The Bertz CT molecular complexity index is 415. The van der Waals surface area contributed by atoms with E-state index in [9.17, 15) is 0 Å². The van der Waals surface area contributed by atoms with Gasteiger partial charge in [0, 0.05) is 12.3 Å². The van der Waals surface area contributed by atoms with Crippen LogP contribution in [0.15, 0.2) is 0 Å². The second-order valence-corrected chi connectivity index (χ2v) is 7.80. The van der Waals surface area contributed by atoms with Crippen molar-refractivity contribution in [3.05, 3.63) is 0 Å². The van der Waals surface area contributed by atoms with E-state index in [4.69, 9.17) is 19.2 Å². The van der Waals surface area contributed by atoms with Crippen LogP contribution in [0.4, 0.5) is 0 Å². The minimum absolute atomic E-state index is 0.0868. The molecule has 20 heavy (non-hydrogen) atoms. The maximum absolute atomic E-state index is 6.18. The molecule has 1 spiro atoms. The fourth-order valence-electron chi connectivity index (χ4n) is 4.89. The minimum Gasteiger partial charge on any atom is -0.335 e. The summed E-state index contributed by atoms with van der Waals surface area (Å²) in [6.45, 7) is 6.49. The zero-order valence-corrected chi connectivity index (χ0v) is 13.3. The lowest BCUT2D eigenvalue weighted by molar-refractivity contribution is -0.568. The third-order valence-electron chi connectivity index (χ3n) is 6.12. The van der Waals surface area contributed by atoms with Crippen LogP contribution in [0, 0.1) is 23.7 Å². The fourth-order valence-corrected chi connectivity index (χ4v) is 5.20. The lowest BCUT2D eigenvalue weighted by Crippen LogP contribution is -2.69. The SMILES string of the molecule is C[C@H]1[C@H](S)O[C@@H]2O[C@]3(C)CC[C@H]4[C@H](C)CC[C@@H]1[C@@]24OO3. The fraction of sp³-hybridized carbons (Fsp3) is 1.00. The van der Waals surface area contributed by atoms with Crippen LogP contribution in [-0.2, 0) is 19.2 Å². The summed E-state index contributed by atoms with van der Waals surface area (Å²) >= 11 is 4.62. The Balaban J connectivity index is 1.82. The summed E-state index contributed by atoms with van der Waals surface area (Å²) in [5.74, 6) is 1.13. The summed E-state index contributed by atoms with van der Waals surface area (Å²) in [5, 5.41) is 0. The van der Waals surface area contributed by atoms with E-state index in [1.54, 1.807) is 0 Å². The van der Waals surface area contributed by atoms with Gasteiger partial charge in [-0.25, -0.2) is 9.78 Å². The molecule has 114 valence electrons. The van der Waals surface area contributed by atoms with E-state index >= 15 is 0 Å².